The van der Waals surface area contributed by atoms with Crippen LogP contribution in [0, 0.1) is 0 Å². The number of hydrogen-bond acceptors (Lipinski definition) is 3. The lowest BCUT2D eigenvalue weighted by molar-refractivity contribution is -0.137. The van der Waals surface area contributed by atoms with E-state index in [4.69, 9.17) is 0 Å². The second-order valence-corrected chi connectivity index (χ2v) is 6.69. The molecule has 1 aromatic carbocycles. The van der Waals surface area contributed by atoms with Gasteiger partial charge in [0.05, 0.1) is 11.1 Å². The molecule has 2 aromatic rings. The van der Waals surface area contributed by atoms with Crippen LogP contribution in [0.25, 0.3) is 0 Å². The van der Waals surface area contributed by atoms with Crippen molar-refractivity contribution in [2.75, 3.05) is 16.8 Å². The van der Waals surface area contributed by atoms with Gasteiger partial charge in [-0.25, -0.2) is 4.98 Å². The molecule has 1 atom stereocenters. The van der Waals surface area contributed by atoms with Gasteiger partial charge in [-0.05, 0) is 56.0 Å². The van der Waals surface area contributed by atoms with Crippen molar-refractivity contribution in [2.24, 2.45) is 0 Å². The van der Waals surface area contributed by atoms with E-state index in [1.54, 1.807) is 12.1 Å². The van der Waals surface area contributed by atoms with E-state index in [2.05, 4.69) is 22.1 Å². The lowest BCUT2D eigenvalue weighted by atomic mass is 10.00. The summed E-state index contributed by atoms with van der Waals surface area (Å²) in [6.07, 6.45) is 1.53. The predicted molar refractivity (Wildman–Crippen MR) is 98.9 cm³/mol. The standard InChI is InChI=1S/C20H22F3N3O/c1-2-17-8-3-4-11-26(17)18-10-9-14(13-24-18)19(27)25-16-7-5-6-15(12-16)20(21,22)23/h5-7,9-10,12-13,17H,2-4,8,11H2,1H3,(H,25,27). The molecule has 1 saturated heterocycles. The fourth-order valence-electron chi connectivity index (χ4n) is 3.39. The number of carbonyl (C=O) groups excluding carboxylic acids is 1. The van der Waals surface area contributed by atoms with Crippen molar-refractivity contribution in [1.82, 2.24) is 4.98 Å². The molecular weight excluding hydrogens is 355 g/mol. The third-order valence-electron chi connectivity index (χ3n) is 4.85. The largest absolute Gasteiger partial charge is 0.416 e. The summed E-state index contributed by atoms with van der Waals surface area (Å²) in [5.41, 5.74) is -0.397. The third-order valence-corrected chi connectivity index (χ3v) is 4.85. The zero-order valence-corrected chi connectivity index (χ0v) is 15.1. The molecule has 0 radical (unpaired) electrons. The Morgan fingerprint density at radius 3 is 2.74 bits per heavy atom. The Morgan fingerprint density at radius 2 is 2.07 bits per heavy atom. The van der Waals surface area contributed by atoms with Gasteiger partial charge in [0.2, 0.25) is 0 Å². The van der Waals surface area contributed by atoms with E-state index >= 15 is 0 Å². The van der Waals surface area contributed by atoms with E-state index in [1.807, 2.05) is 0 Å². The van der Waals surface area contributed by atoms with Crippen LogP contribution in [-0.4, -0.2) is 23.5 Å². The van der Waals surface area contributed by atoms with Gasteiger partial charge in [0.15, 0.2) is 0 Å². The van der Waals surface area contributed by atoms with Gasteiger partial charge in [0.1, 0.15) is 5.82 Å². The predicted octanol–water partition coefficient (Wildman–Crippen LogP) is 5.12. The quantitative estimate of drug-likeness (QED) is 0.804. The van der Waals surface area contributed by atoms with Crippen molar-refractivity contribution in [3.63, 3.8) is 0 Å². The molecule has 3 rings (SSSR count). The minimum Gasteiger partial charge on any atom is -0.354 e. The van der Waals surface area contributed by atoms with Crippen molar-refractivity contribution in [3.05, 3.63) is 53.7 Å². The van der Waals surface area contributed by atoms with E-state index in [9.17, 15) is 18.0 Å². The first-order valence-corrected chi connectivity index (χ1v) is 9.10. The van der Waals surface area contributed by atoms with Crippen LogP contribution in [0.5, 0.6) is 0 Å². The number of nitrogens with zero attached hydrogens (tertiary/aromatic N) is 2. The normalized spacial score (nSPS) is 17.6. The Labute approximate surface area is 156 Å². The Bertz CT molecular complexity index is 790. The molecule has 1 N–H and O–H groups in total. The summed E-state index contributed by atoms with van der Waals surface area (Å²) in [7, 11) is 0. The number of pyridine rings is 1. The maximum atomic E-state index is 12.8. The number of nitrogens with one attached hydrogen (secondary N) is 1. The SMILES string of the molecule is CCC1CCCCN1c1ccc(C(=O)Nc2cccc(C(F)(F)F)c2)cn1. The molecule has 0 saturated carbocycles. The fourth-order valence-corrected chi connectivity index (χ4v) is 3.39. The molecule has 144 valence electrons. The van der Waals surface area contributed by atoms with Gasteiger partial charge in [0.25, 0.3) is 5.91 Å². The van der Waals surface area contributed by atoms with Crippen LogP contribution in [-0.2, 0) is 6.18 Å². The van der Waals surface area contributed by atoms with E-state index in [-0.39, 0.29) is 5.69 Å². The molecule has 1 unspecified atom stereocenters. The highest BCUT2D eigenvalue weighted by Crippen LogP contribution is 2.31. The van der Waals surface area contributed by atoms with E-state index in [1.165, 1.54) is 24.8 Å². The fraction of sp³-hybridized carbons (Fsp3) is 0.400. The number of hydrogen-bond donors (Lipinski definition) is 1. The van der Waals surface area contributed by atoms with Crippen molar-refractivity contribution < 1.29 is 18.0 Å². The van der Waals surface area contributed by atoms with Gasteiger partial charge in [-0.15, -0.1) is 0 Å². The maximum absolute atomic E-state index is 12.8. The van der Waals surface area contributed by atoms with Gasteiger partial charge >= 0.3 is 6.18 Å². The van der Waals surface area contributed by atoms with Crippen molar-refractivity contribution in [3.8, 4) is 0 Å². The van der Waals surface area contributed by atoms with Gasteiger partial charge < -0.3 is 10.2 Å². The second-order valence-electron chi connectivity index (χ2n) is 6.69. The molecule has 1 amide bonds. The van der Waals surface area contributed by atoms with E-state index in [0.717, 1.165) is 43.8 Å². The summed E-state index contributed by atoms with van der Waals surface area (Å²) in [6, 6.07) is 8.49. The molecule has 1 aliphatic heterocycles. The highest BCUT2D eigenvalue weighted by Gasteiger charge is 2.30. The number of aromatic nitrogens is 1. The number of anilines is 2. The maximum Gasteiger partial charge on any atom is 0.416 e. The third kappa shape index (κ3) is 4.59. The molecule has 2 heterocycles. The van der Waals surface area contributed by atoms with Crippen LogP contribution in [0.1, 0.15) is 48.5 Å². The number of halogens is 3. The number of rotatable bonds is 4. The molecule has 27 heavy (non-hydrogen) atoms. The summed E-state index contributed by atoms with van der Waals surface area (Å²) in [4.78, 5) is 19.0. The zero-order valence-electron chi connectivity index (χ0n) is 15.1. The first-order chi connectivity index (χ1) is 12.9. The van der Waals surface area contributed by atoms with Crippen molar-refractivity contribution >= 4 is 17.4 Å². The summed E-state index contributed by atoms with van der Waals surface area (Å²) in [5.74, 6) is 0.344. The lowest BCUT2D eigenvalue weighted by Gasteiger charge is -2.36. The monoisotopic (exact) mass is 377 g/mol. The van der Waals surface area contributed by atoms with E-state index in [0.29, 0.717) is 11.6 Å². The molecule has 7 heteroatoms. The summed E-state index contributed by atoms with van der Waals surface area (Å²) < 4.78 is 38.3. The average Bonchev–Trinajstić information content (AvgIpc) is 2.67. The average molecular weight is 377 g/mol. The zero-order chi connectivity index (χ0) is 19.4. The molecule has 0 spiro atoms. The van der Waals surface area contributed by atoms with Gasteiger partial charge in [-0.1, -0.05) is 13.0 Å². The molecule has 4 nitrogen and oxygen atoms in total. The number of piperidine rings is 1. The van der Waals surface area contributed by atoms with Crippen molar-refractivity contribution in [2.45, 2.75) is 44.8 Å². The molecule has 1 fully saturated rings. The van der Waals surface area contributed by atoms with Crippen LogP contribution >= 0.6 is 0 Å². The van der Waals surface area contributed by atoms with Crippen molar-refractivity contribution in [1.29, 1.82) is 0 Å². The van der Waals surface area contributed by atoms with Crippen LogP contribution in [0.2, 0.25) is 0 Å². The highest BCUT2D eigenvalue weighted by atomic mass is 19.4. The van der Waals surface area contributed by atoms with Gasteiger partial charge in [-0.3, -0.25) is 4.79 Å². The Hall–Kier alpha value is -2.57. The first-order valence-electron chi connectivity index (χ1n) is 9.10. The highest BCUT2D eigenvalue weighted by molar-refractivity contribution is 6.04. The van der Waals surface area contributed by atoms with Crippen LogP contribution < -0.4 is 10.2 Å². The minimum atomic E-state index is -4.45. The summed E-state index contributed by atoms with van der Waals surface area (Å²) in [6.45, 7) is 3.10. The first kappa shape index (κ1) is 19.2. The Morgan fingerprint density at radius 1 is 1.26 bits per heavy atom. The topological polar surface area (TPSA) is 45.2 Å². The van der Waals surface area contributed by atoms with E-state index < -0.39 is 17.6 Å². The smallest absolute Gasteiger partial charge is 0.354 e. The van der Waals surface area contributed by atoms with Gasteiger partial charge in [0, 0.05) is 24.5 Å². The summed E-state index contributed by atoms with van der Waals surface area (Å²) >= 11 is 0. The summed E-state index contributed by atoms with van der Waals surface area (Å²) in [5, 5.41) is 2.50. The number of carbonyl (C=O) groups is 1. The number of alkyl halides is 3. The van der Waals surface area contributed by atoms with Crippen LogP contribution in [0.4, 0.5) is 24.7 Å². The molecular formula is C20H22F3N3O. The van der Waals surface area contributed by atoms with Crippen LogP contribution in [0.3, 0.4) is 0 Å². The van der Waals surface area contributed by atoms with Crippen LogP contribution in [0.15, 0.2) is 42.6 Å². The molecule has 0 aliphatic carbocycles. The second kappa shape index (κ2) is 7.98. The minimum absolute atomic E-state index is 0.0981. The Balaban J connectivity index is 1.71. The van der Waals surface area contributed by atoms with Gasteiger partial charge in [-0.2, -0.15) is 13.2 Å². The number of amides is 1. The lowest BCUT2D eigenvalue weighted by Crippen LogP contribution is -2.39. The molecule has 1 aromatic heterocycles. The number of benzene rings is 1. The molecule has 1 aliphatic rings. The Kier molecular flexibility index (Phi) is 5.68. The molecule has 0 bridgehead atoms.